The maximum absolute atomic E-state index is 11.1. The van der Waals surface area contributed by atoms with Crippen molar-refractivity contribution in [1.82, 2.24) is 4.98 Å². The Morgan fingerprint density at radius 2 is 2.26 bits per heavy atom. The number of thiazole rings is 1. The third-order valence-corrected chi connectivity index (χ3v) is 4.10. The van der Waals surface area contributed by atoms with E-state index in [1.54, 1.807) is 6.20 Å². The lowest BCUT2D eigenvalue weighted by Gasteiger charge is -2.02. The van der Waals surface area contributed by atoms with Crippen LogP contribution in [0.4, 0.5) is 5.13 Å². The molecular weight excluding hydrogens is 303 g/mol. The van der Waals surface area contributed by atoms with Crippen molar-refractivity contribution >= 4 is 45.6 Å². The summed E-state index contributed by atoms with van der Waals surface area (Å²) >= 11 is 12.9. The average Bonchev–Trinajstić information content (AvgIpc) is 2.81. The minimum atomic E-state index is -0.249. The van der Waals surface area contributed by atoms with Gasteiger partial charge in [-0.1, -0.05) is 23.7 Å². The molecule has 1 aromatic carbocycles. The summed E-state index contributed by atoms with van der Waals surface area (Å²) in [7, 11) is 0. The highest BCUT2D eigenvalue weighted by Gasteiger charge is 2.07. The van der Waals surface area contributed by atoms with Crippen LogP contribution in [0.5, 0.6) is 0 Å². The SMILES string of the molecule is Cc1ccc(Cc2cnc(NC(=O)CCl)s2)cc1Cl. The Balaban J connectivity index is 2.07. The normalized spacial score (nSPS) is 10.5. The number of anilines is 1. The fourth-order valence-electron chi connectivity index (χ4n) is 1.55. The number of aromatic nitrogens is 1. The van der Waals surface area contributed by atoms with Gasteiger partial charge in [0.15, 0.2) is 5.13 Å². The monoisotopic (exact) mass is 314 g/mol. The number of hydrogen-bond donors (Lipinski definition) is 1. The quantitative estimate of drug-likeness (QED) is 0.870. The van der Waals surface area contributed by atoms with Crippen LogP contribution in [0.2, 0.25) is 5.02 Å². The predicted molar refractivity (Wildman–Crippen MR) is 80.5 cm³/mol. The zero-order valence-corrected chi connectivity index (χ0v) is 12.6. The van der Waals surface area contributed by atoms with Gasteiger partial charge in [-0.25, -0.2) is 4.98 Å². The van der Waals surface area contributed by atoms with Gasteiger partial charge in [0.1, 0.15) is 5.88 Å². The summed E-state index contributed by atoms with van der Waals surface area (Å²) in [5.41, 5.74) is 2.18. The highest BCUT2D eigenvalue weighted by Crippen LogP contribution is 2.23. The summed E-state index contributed by atoms with van der Waals surface area (Å²) in [5.74, 6) is -0.316. The molecule has 0 atom stereocenters. The molecule has 0 fully saturated rings. The molecule has 0 radical (unpaired) electrons. The van der Waals surface area contributed by atoms with Crippen molar-refractivity contribution in [2.24, 2.45) is 0 Å². The summed E-state index contributed by atoms with van der Waals surface area (Å²) in [6.07, 6.45) is 2.50. The Bertz CT molecular complexity index is 598. The molecule has 2 rings (SSSR count). The van der Waals surface area contributed by atoms with Gasteiger partial charge in [-0.05, 0) is 24.1 Å². The van der Waals surface area contributed by atoms with Crippen LogP contribution in [0.1, 0.15) is 16.0 Å². The van der Waals surface area contributed by atoms with Crippen LogP contribution in [0.3, 0.4) is 0 Å². The Morgan fingerprint density at radius 3 is 2.95 bits per heavy atom. The zero-order valence-electron chi connectivity index (χ0n) is 10.2. The lowest BCUT2D eigenvalue weighted by molar-refractivity contribution is -0.113. The molecule has 0 aliphatic heterocycles. The van der Waals surface area contributed by atoms with E-state index in [0.717, 1.165) is 27.4 Å². The molecule has 19 heavy (non-hydrogen) atoms. The van der Waals surface area contributed by atoms with E-state index in [9.17, 15) is 4.79 Å². The zero-order chi connectivity index (χ0) is 13.8. The summed E-state index contributed by atoms with van der Waals surface area (Å²) < 4.78 is 0. The summed E-state index contributed by atoms with van der Waals surface area (Å²) in [4.78, 5) is 16.3. The second kappa shape index (κ2) is 6.37. The van der Waals surface area contributed by atoms with E-state index in [2.05, 4.69) is 10.3 Å². The molecule has 1 N–H and O–H groups in total. The summed E-state index contributed by atoms with van der Waals surface area (Å²) in [5, 5.41) is 3.96. The van der Waals surface area contributed by atoms with Crippen LogP contribution in [-0.2, 0) is 11.2 Å². The Kier molecular flexibility index (Phi) is 4.80. The number of carbonyl (C=O) groups excluding carboxylic acids is 1. The molecule has 0 saturated carbocycles. The molecule has 0 spiro atoms. The number of benzene rings is 1. The number of nitrogens with one attached hydrogen (secondary N) is 1. The maximum Gasteiger partial charge on any atom is 0.241 e. The molecule has 1 aromatic heterocycles. The molecule has 0 aliphatic carbocycles. The molecule has 0 saturated heterocycles. The Hall–Kier alpha value is -1.10. The minimum Gasteiger partial charge on any atom is -0.301 e. The largest absolute Gasteiger partial charge is 0.301 e. The van der Waals surface area contributed by atoms with Gasteiger partial charge in [0.05, 0.1) is 0 Å². The van der Waals surface area contributed by atoms with Gasteiger partial charge in [0.2, 0.25) is 5.91 Å². The highest BCUT2D eigenvalue weighted by atomic mass is 35.5. The van der Waals surface area contributed by atoms with E-state index in [-0.39, 0.29) is 11.8 Å². The fourth-order valence-corrected chi connectivity index (χ4v) is 2.68. The Labute approximate surface area is 125 Å². The average molecular weight is 315 g/mol. The van der Waals surface area contributed by atoms with Gasteiger partial charge in [0.25, 0.3) is 0 Å². The van der Waals surface area contributed by atoms with Crippen molar-refractivity contribution in [3.8, 4) is 0 Å². The van der Waals surface area contributed by atoms with Crippen LogP contribution in [0, 0.1) is 6.92 Å². The first-order chi connectivity index (χ1) is 9.08. The summed E-state index contributed by atoms with van der Waals surface area (Å²) in [6.45, 7) is 1.97. The molecule has 6 heteroatoms. The number of carbonyl (C=O) groups is 1. The van der Waals surface area contributed by atoms with Crippen molar-refractivity contribution < 1.29 is 4.79 Å². The standard InChI is InChI=1S/C13H12Cl2N2OS/c1-8-2-3-9(5-11(8)15)4-10-7-16-13(19-10)17-12(18)6-14/h2-3,5,7H,4,6H2,1H3,(H,16,17,18). The lowest BCUT2D eigenvalue weighted by Crippen LogP contribution is -2.11. The maximum atomic E-state index is 11.1. The van der Waals surface area contributed by atoms with E-state index in [1.165, 1.54) is 11.3 Å². The molecule has 2 aromatic rings. The van der Waals surface area contributed by atoms with Crippen molar-refractivity contribution in [2.75, 3.05) is 11.2 Å². The van der Waals surface area contributed by atoms with Gasteiger partial charge >= 0.3 is 0 Å². The molecule has 1 amide bonds. The number of rotatable bonds is 4. The first-order valence-electron chi connectivity index (χ1n) is 5.64. The number of amides is 1. The van der Waals surface area contributed by atoms with E-state index in [4.69, 9.17) is 23.2 Å². The Morgan fingerprint density at radius 1 is 1.47 bits per heavy atom. The third kappa shape index (κ3) is 3.93. The minimum absolute atomic E-state index is 0.0670. The van der Waals surface area contributed by atoms with Crippen molar-refractivity contribution in [3.05, 3.63) is 45.4 Å². The van der Waals surface area contributed by atoms with Gasteiger partial charge in [-0.3, -0.25) is 4.79 Å². The topological polar surface area (TPSA) is 42.0 Å². The van der Waals surface area contributed by atoms with E-state index in [0.29, 0.717) is 5.13 Å². The van der Waals surface area contributed by atoms with Gasteiger partial charge in [-0.15, -0.1) is 22.9 Å². The fraction of sp³-hybridized carbons (Fsp3) is 0.231. The number of halogens is 2. The first kappa shape index (κ1) is 14.3. The van der Waals surface area contributed by atoms with Gasteiger partial charge in [0, 0.05) is 22.5 Å². The van der Waals surface area contributed by atoms with Crippen molar-refractivity contribution in [1.29, 1.82) is 0 Å². The van der Waals surface area contributed by atoms with Crippen LogP contribution in [0.15, 0.2) is 24.4 Å². The molecule has 0 unspecified atom stereocenters. The lowest BCUT2D eigenvalue weighted by atomic mass is 10.1. The number of alkyl halides is 1. The molecule has 3 nitrogen and oxygen atoms in total. The van der Waals surface area contributed by atoms with Crippen LogP contribution in [0.25, 0.3) is 0 Å². The second-order valence-corrected chi connectivity index (χ2v) is 5.86. The smallest absolute Gasteiger partial charge is 0.241 e. The van der Waals surface area contributed by atoms with E-state index < -0.39 is 0 Å². The van der Waals surface area contributed by atoms with E-state index >= 15 is 0 Å². The van der Waals surface area contributed by atoms with Crippen LogP contribution >= 0.6 is 34.5 Å². The van der Waals surface area contributed by atoms with Crippen molar-refractivity contribution in [3.63, 3.8) is 0 Å². The first-order valence-corrected chi connectivity index (χ1v) is 7.37. The second-order valence-electron chi connectivity index (χ2n) is 4.07. The van der Waals surface area contributed by atoms with E-state index in [1.807, 2.05) is 25.1 Å². The molecule has 0 bridgehead atoms. The number of hydrogen-bond acceptors (Lipinski definition) is 3. The van der Waals surface area contributed by atoms with Crippen molar-refractivity contribution in [2.45, 2.75) is 13.3 Å². The number of aryl methyl sites for hydroxylation is 1. The summed E-state index contributed by atoms with van der Waals surface area (Å²) in [6, 6.07) is 5.99. The highest BCUT2D eigenvalue weighted by molar-refractivity contribution is 7.15. The van der Waals surface area contributed by atoms with Crippen LogP contribution in [-0.4, -0.2) is 16.8 Å². The molecule has 1 heterocycles. The number of nitrogens with zero attached hydrogens (tertiary/aromatic N) is 1. The molecular formula is C13H12Cl2N2OS. The van der Waals surface area contributed by atoms with Crippen LogP contribution < -0.4 is 5.32 Å². The molecule has 100 valence electrons. The predicted octanol–water partition coefficient (Wildman–Crippen LogP) is 3.87. The van der Waals surface area contributed by atoms with Gasteiger partial charge < -0.3 is 5.32 Å². The third-order valence-electron chi connectivity index (χ3n) is 2.54. The van der Waals surface area contributed by atoms with Gasteiger partial charge in [-0.2, -0.15) is 0 Å². The molecule has 0 aliphatic rings.